The number of hydrogen-bond donors (Lipinski definition) is 4. The maximum absolute atomic E-state index is 12.6. The molecule has 0 bridgehead atoms. The van der Waals surface area contributed by atoms with Crippen molar-refractivity contribution in [1.82, 2.24) is 20.6 Å². The maximum Gasteiger partial charge on any atom is 0.251 e. The van der Waals surface area contributed by atoms with Crippen molar-refractivity contribution in [2.24, 2.45) is 0 Å². The molecule has 1 aliphatic rings. The minimum Gasteiger partial charge on any atom is -0.322 e. The molecule has 4 N–H and O–H groups in total. The summed E-state index contributed by atoms with van der Waals surface area (Å²) in [6.45, 7) is 8.10. The maximum atomic E-state index is 12.6. The molecule has 0 spiro atoms. The lowest BCUT2D eigenvalue weighted by Gasteiger charge is -2.19. The third kappa shape index (κ3) is 4.24. The van der Waals surface area contributed by atoms with Crippen molar-refractivity contribution in [2.75, 3.05) is 6.54 Å². The minimum atomic E-state index is -3.49. The summed E-state index contributed by atoms with van der Waals surface area (Å²) in [6.07, 6.45) is 0.340. The van der Waals surface area contributed by atoms with Crippen molar-refractivity contribution in [2.45, 2.75) is 57.4 Å². The van der Waals surface area contributed by atoms with Crippen molar-refractivity contribution in [3.05, 3.63) is 45.7 Å². The number of aromatic amines is 1. The van der Waals surface area contributed by atoms with Crippen LogP contribution in [0.2, 0.25) is 0 Å². The molecule has 1 aromatic carbocycles. The Morgan fingerprint density at radius 2 is 1.78 bits per heavy atom. The van der Waals surface area contributed by atoms with E-state index in [2.05, 4.69) is 40.5 Å². The van der Waals surface area contributed by atoms with Gasteiger partial charge in [-0.05, 0) is 55.3 Å². The van der Waals surface area contributed by atoms with Crippen molar-refractivity contribution >= 4 is 20.9 Å². The molecule has 2 atom stereocenters. The van der Waals surface area contributed by atoms with Crippen LogP contribution in [0.5, 0.6) is 0 Å². The number of H-pyrrole nitrogens is 1. The third-order valence-electron chi connectivity index (χ3n) is 5.19. The second-order valence-corrected chi connectivity index (χ2v) is 9.57. The molecule has 2 unspecified atom stereocenters. The summed E-state index contributed by atoms with van der Waals surface area (Å²) >= 11 is 0. The Morgan fingerprint density at radius 1 is 1.11 bits per heavy atom. The molecule has 8 heteroatoms. The molecule has 1 aliphatic heterocycles. The fourth-order valence-electron chi connectivity index (χ4n) is 3.64. The lowest BCUT2D eigenvalue weighted by Crippen LogP contribution is -2.45. The van der Waals surface area contributed by atoms with E-state index in [1.165, 1.54) is 5.56 Å². The average Bonchev–Trinajstić information content (AvgIpc) is 2.94. The van der Waals surface area contributed by atoms with Crippen molar-refractivity contribution in [3.63, 3.8) is 0 Å². The van der Waals surface area contributed by atoms with Crippen LogP contribution in [0.4, 0.5) is 0 Å². The number of hydrogen-bond acceptors (Lipinski definition) is 5. The second kappa shape index (κ2) is 7.71. The van der Waals surface area contributed by atoms with Gasteiger partial charge in [0.05, 0.1) is 0 Å². The van der Waals surface area contributed by atoms with Crippen LogP contribution in [0.25, 0.3) is 10.9 Å². The zero-order chi connectivity index (χ0) is 19.8. The Balaban J connectivity index is 1.75. The Bertz CT molecular complexity index is 974. The number of rotatable bonds is 6. The molecule has 0 aliphatic carbocycles. The third-order valence-corrected chi connectivity index (χ3v) is 7.33. The Kier molecular flexibility index (Phi) is 5.71. The highest BCUT2D eigenvalue weighted by molar-refractivity contribution is 7.90. The Labute approximate surface area is 160 Å². The highest BCUT2D eigenvalue weighted by Gasteiger charge is 2.39. The highest BCUT2D eigenvalue weighted by Crippen LogP contribution is 2.20. The molecule has 2 aromatic rings. The van der Waals surface area contributed by atoms with Gasteiger partial charge in [0.15, 0.2) is 0 Å². The van der Waals surface area contributed by atoms with E-state index in [0.29, 0.717) is 17.9 Å². The van der Waals surface area contributed by atoms with Crippen LogP contribution in [0.3, 0.4) is 0 Å². The Hall–Kier alpha value is -1.74. The Morgan fingerprint density at radius 3 is 2.41 bits per heavy atom. The van der Waals surface area contributed by atoms with Gasteiger partial charge in [0.1, 0.15) is 5.25 Å². The van der Waals surface area contributed by atoms with E-state index in [-0.39, 0.29) is 24.2 Å². The molecule has 1 fully saturated rings. The highest BCUT2D eigenvalue weighted by atomic mass is 32.2. The fourth-order valence-corrected chi connectivity index (χ4v) is 5.43. The molecule has 0 amide bonds. The normalized spacial score (nSPS) is 23.4. The largest absolute Gasteiger partial charge is 0.322 e. The molecule has 27 heavy (non-hydrogen) atoms. The first-order valence-corrected chi connectivity index (χ1v) is 10.9. The topological polar surface area (TPSA) is 103 Å². The molecule has 7 nitrogen and oxygen atoms in total. The molecule has 2 heterocycles. The SMILES string of the molecule is CC(C)c1ccc2[nH]c(=O)c(CCNS(=O)(=O)C3C(C)NNC3C)cc2c1. The van der Waals surface area contributed by atoms with E-state index < -0.39 is 15.3 Å². The lowest BCUT2D eigenvalue weighted by molar-refractivity contribution is 0.545. The second-order valence-electron chi connectivity index (χ2n) is 7.65. The van der Waals surface area contributed by atoms with Crippen LogP contribution in [-0.2, 0) is 16.4 Å². The van der Waals surface area contributed by atoms with E-state index in [9.17, 15) is 13.2 Å². The molecule has 1 saturated heterocycles. The first kappa shape index (κ1) is 20.0. The van der Waals surface area contributed by atoms with E-state index in [1.807, 2.05) is 32.0 Å². The molecule has 0 radical (unpaired) electrons. The molecule has 148 valence electrons. The zero-order valence-electron chi connectivity index (χ0n) is 16.2. The number of fused-ring (bicyclic) bond motifs is 1. The van der Waals surface area contributed by atoms with Gasteiger partial charge in [-0.15, -0.1) is 0 Å². The van der Waals surface area contributed by atoms with Gasteiger partial charge < -0.3 is 4.98 Å². The van der Waals surface area contributed by atoms with Crippen LogP contribution in [-0.4, -0.2) is 37.3 Å². The standard InChI is InChI=1S/C19H28N4O3S/c1-11(2)14-5-6-17-16(9-14)10-15(19(24)21-17)7-8-20-27(25,26)18-12(3)22-23-13(18)4/h5-6,9-13,18,20,22-23H,7-8H2,1-4H3,(H,21,24). The summed E-state index contributed by atoms with van der Waals surface area (Å²) in [4.78, 5) is 15.2. The summed E-state index contributed by atoms with van der Waals surface area (Å²) in [5.74, 6) is 0.397. The van der Waals surface area contributed by atoms with Crippen LogP contribution >= 0.6 is 0 Å². The molecule has 3 rings (SSSR count). The monoisotopic (exact) mass is 392 g/mol. The van der Waals surface area contributed by atoms with Crippen LogP contribution in [0.15, 0.2) is 29.1 Å². The van der Waals surface area contributed by atoms with Crippen molar-refractivity contribution < 1.29 is 8.42 Å². The van der Waals surface area contributed by atoms with Crippen molar-refractivity contribution in [3.8, 4) is 0 Å². The lowest BCUT2D eigenvalue weighted by atomic mass is 10.0. The summed E-state index contributed by atoms with van der Waals surface area (Å²) < 4.78 is 27.8. The van der Waals surface area contributed by atoms with Crippen LogP contribution < -0.4 is 21.1 Å². The number of hydrazine groups is 1. The van der Waals surface area contributed by atoms with Gasteiger partial charge in [-0.3, -0.25) is 15.6 Å². The van der Waals surface area contributed by atoms with E-state index in [1.54, 1.807) is 0 Å². The average molecular weight is 393 g/mol. The van der Waals surface area contributed by atoms with Gasteiger partial charge in [-0.25, -0.2) is 13.1 Å². The van der Waals surface area contributed by atoms with E-state index in [4.69, 9.17) is 0 Å². The predicted octanol–water partition coefficient (Wildman–Crippen LogP) is 1.37. The van der Waals surface area contributed by atoms with E-state index in [0.717, 1.165) is 10.9 Å². The molecular formula is C19H28N4O3S. The van der Waals surface area contributed by atoms with Gasteiger partial charge in [0, 0.05) is 29.7 Å². The van der Waals surface area contributed by atoms with Crippen LogP contribution in [0, 0.1) is 0 Å². The number of sulfonamides is 1. The van der Waals surface area contributed by atoms with E-state index >= 15 is 0 Å². The quantitative estimate of drug-likeness (QED) is 0.595. The van der Waals surface area contributed by atoms with Gasteiger partial charge in [0.25, 0.3) is 5.56 Å². The van der Waals surface area contributed by atoms with Gasteiger partial charge in [0.2, 0.25) is 10.0 Å². The molecule has 1 aromatic heterocycles. The number of nitrogens with one attached hydrogen (secondary N) is 4. The number of benzene rings is 1. The first-order valence-electron chi connectivity index (χ1n) is 9.34. The molecular weight excluding hydrogens is 364 g/mol. The minimum absolute atomic E-state index is 0.176. The number of aromatic nitrogens is 1. The summed E-state index contributed by atoms with van der Waals surface area (Å²) in [5.41, 5.74) is 8.30. The first-order chi connectivity index (χ1) is 12.7. The fraction of sp³-hybridized carbons (Fsp3) is 0.526. The zero-order valence-corrected chi connectivity index (χ0v) is 17.0. The van der Waals surface area contributed by atoms with Gasteiger partial charge >= 0.3 is 0 Å². The van der Waals surface area contributed by atoms with Crippen molar-refractivity contribution in [1.29, 1.82) is 0 Å². The summed E-state index contributed by atoms with van der Waals surface area (Å²) in [6, 6.07) is 7.50. The predicted molar refractivity (Wildman–Crippen MR) is 108 cm³/mol. The van der Waals surface area contributed by atoms with Crippen LogP contribution in [0.1, 0.15) is 44.7 Å². The summed E-state index contributed by atoms with van der Waals surface area (Å²) in [5, 5.41) is 0.408. The number of pyridine rings is 1. The van der Waals surface area contributed by atoms with Gasteiger partial charge in [-0.2, -0.15) is 0 Å². The molecule has 0 saturated carbocycles. The van der Waals surface area contributed by atoms with Gasteiger partial charge in [-0.1, -0.05) is 19.9 Å². The summed E-state index contributed by atoms with van der Waals surface area (Å²) in [7, 11) is -3.49. The smallest absolute Gasteiger partial charge is 0.251 e.